The number of hydrogen-bond acceptors (Lipinski definition) is 4. The summed E-state index contributed by atoms with van der Waals surface area (Å²) in [5, 5.41) is 3.87. The molecule has 2 aromatic rings. The number of benzene rings is 2. The average molecular weight is 459 g/mol. The fraction of sp³-hybridized carbons (Fsp3) is 0.517. The molecule has 5 nitrogen and oxygen atoms in total. The maximum atomic E-state index is 13.4. The van der Waals surface area contributed by atoms with Gasteiger partial charge in [-0.1, -0.05) is 30.3 Å². The molecular formula is C29H34N2O3. The molecule has 2 saturated carbocycles. The normalized spacial score (nSPS) is 29.8. The summed E-state index contributed by atoms with van der Waals surface area (Å²) in [6, 6.07) is 17.5. The van der Waals surface area contributed by atoms with Gasteiger partial charge in [-0.05, 0) is 92.0 Å². The van der Waals surface area contributed by atoms with Crippen molar-refractivity contribution < 1.29 is 14.3 Å². The molecule has 4 aliphatic rings. The summed E-state index contributed by atoms with van der Waals surface area (Å²) >= 11 is 0. The molecule has 5 atom stereocenters. The van der Waals surface area contributed by atoms with Crippen LogP contribution >= 0.6 is 0 Å². The Morgan fingerprint density at radius 3 is 2.53 bits per heavy atom. The zero-order chi connectivity index (χ0) is 23.2. The van der Waals surface area contributed by atoms with Crippen LogP contribution in [-0.4, -0.2) is 36.5 Å². The Morgan fingerprint density at radius 2 is 1.76 bits per heavy atom. The average Bonchev–Trinajstić information content (AvgIpc) is 3.51. The number of anilines is 1. The molecule has 2 aliphatic heterocycles. The number of amides is 1. The molecule has 2 aliphatic carbocycles. The second kappa shape index (κ2) is 8.75. The number of carbonyl (C=O) groups is 2. The second-order valence-electron chi connectivity index (χ2n) is 10.6. The number of fused-ring (bicyclic) bond motifs is 7. The largest absolute Gasteiger partial charge is 0.466 e. The van der Waals surface area contributed by atoms with E-state index in [1.165, 1.54) is 36.1 Å². The van der Waals surface area contributed by atoms with Crippen molar-refractivity contribution >= 4 is 17.6 Å². The van der Waals surface area contributed by atoms with E-state index in [-0.39, 0.29) is 17.8 Å². The van der Waals surface area contributed by atoms with Crippen LogP contribution in [0.2, 0.25) is 0 Å². The highest BCUT2D eigenvalue weighted by Crippen LogP contribution is 2.63. The van der Waals surface area contributed by atoms with Gasteiger partial charge in [-0.15, -0.1) is 0 Å². The van der Waals surface area contributed by atoms with Crippen molar-refractivity contribution in [2.75, 3.05) is 25.0 Å². The van der Waals surface area contributed by atoms with E-state index >= 15 is 0 Å². The predicted molar refractivity (Wildman–Crippen MR) is 132 cm³/mol. The maximum Gasteiger partial charge on any atom is 0.309 e. The van der Waals surface area contributed by atoms with E-state index in [4.69, 9.17) is 4.74 Å². The molecule has 0 aromatic heterocycles. The lowest BCUT2D eigenvalue weighted by atomic mass is 9.68. The molecule has 0 radical (unpaired) electrons. The van der Waals surface area contributed by atoms with E-state index < -0.39 is 0 Å². The van der Waals surface area contributed by atoms with Gasteiger partial charge in [-0.3, -0.25) is 9.59 Å². The Kier molecular flexibility index (Phi) is 5.59. The third-order valence-corrected chi connectivity index (χ3v) is 8.89. The number of nitrogens with zero attached hydrogens (tertiary/aromatic N) is 1. The Morgan fingerprint density at radius 1 is 1.00 bits per heavy atom. The SMILES string of the molecule is CCOC(=O)C1CCN(C(=O)c2ccc3c(c2)[C@@H]2[C@H]4CC[C@@H](C4)[C@H]2[C@@H](c2ccccc2)N3)CC1. The number of ether oxygens (including phenoxy) is 1. The third kappa shape index (κ3) is 3.60. The zero-order valence-electron chi connectivity index (χ0n) is 19.9. The molecule has 1 amide bonds. The highest BCUT2D eigenvalue weighted by atomic mass is 16.5. The van der Waals surface area contributed by atoms with E-state index in [1.807, 2.05) is 17.9 Å². The summed E-state index contributed by atoms with van der Waals surface area (Å²) in [6.45, 7) is 3.48. The molecule has 2 aromatic carbocycles. The number of hydrogen-bond donors (Lipinski definition) is 1. The van der Waals surface area contributed by atoms with E-state index in [0.29, 0.717) is 50.4 Å². The molecule has 2 bridgehead atoms. The minimum atomic E-state index is -0.121. The Bertz CT molecular complexity index is 1080. The first-order valence-electron chi connectivity index (χ1n) is 13.1. The van der Waals surface area contributed by atoms with Gasteiger partial charge >= 0.3 is 5.97 Å². The number of piperidine rings is 1. The lowest BCUT2D eigenvalue weighted by molar-refractivity contribution is -0.149. The van der Waals surface area contributed by atoms with Crippen molar-refractivity contribution in [2.24, 2.45) is 23.7 Å². The van der Waals surface area contributed by atoms with Gasteiger partial charge < -0.3 is 15.0 Å². The highest BCUT2D eigenvalue weighted by Gasteiger charge is 2.53. The van der Waals surface area contributed by atoms with Gasteiger partial charge in [0.2, 0.25) is 0 Å². The van der Waals surface area contributed by atoms with Gasteiger partial charge in [-0.2, -0.15) is 0 Å². The summed E-state index contributed by atoms with van der Waals surface area (Å²) < 4.78 is 5.18. The van der Waals surface area contributed by atoms with Crippen LogP contribution in [0.4, 0.5) is 5.69 Å². The molecule has 6 rings (SSSR count). The molecule has 34 heavy (non-hydrogen) atoms. The molecule has 5 heteroatoms. The number of nitrogens with one attached hydrogen (secondary N) is 1. The summed E-state index contributed by atoms with van der Waals surface area (Å²) in [7, 11) is 0. The quantitative estimate of drug-likeness (QED) is 0.624. The number of carbonyl (C=O) groups excluding carboxylic acids is 2. The van der Waals surface area contributed by atoms with Crippen LogP contribution in [0.25, 0.3) is 0 Å². The van der Waals surface area contributed by atoms with Crippen LogP contribution in [0.1, 0.15) is 72.5 Å². The Labute approximate surface area is 201 Å². The van der Waals surface area contributed by atoms with Crippen molar-refractivity contribution in [1.82, 2.24) is 4.90 Å². The highest BCUT2D eigenvalue weighted by molar-refractivity contribution is 5.95. The summed E-state index contributed by atoms with van der Waals surface area (Å²) in [6.07, 6.45) is 5.33. The molecule has 1 saturated heterocycles. The van der Waals surface area contributed by atoms with Crippen LogP contribution < -0.4 is 5.32 Å². The molecule has 0 unspecified atom stereocenters. The van der Waals surface area contributed by atoms with Gasteiger partial charge in [0.25, 0.3) is 5.91 Å². The van der Waals surface area contributed by atoms with Gasteiger partial charge in [-0.25, -0.2) is 0 Å². The first kappa shape index (κ1) is 21.7. The third-order valence-electron chi connectivity index (χ3n) is 8.89. The fourth-order valence-corrected chi connectivity index (χ4v) is 7.37. The van der Waals surface area contributed by atoms with Gasteiger partial charge in [0.1, 0.15) is 0 Å². The predicted octanol–water partition coefficient (Wildman–Crippen LogP) is 5.40. The van der Waals surface area contributed by atoms with Crippen LogP contribution in [0.3, 0.4) is 0 Å². The lowest BCUT2D eigenvalue weighted by Gasteiger charge is -2.43. The van der Waals surface area contributed by atoms with Crippen molar-refractivity contribution in [3.63, 3.8) is 0 Å². The molecule has 3 fully saturated rings. The first-order valence-corrected chi connectivity index (χ1v) is 13.1. The Hall–Kier alpha value is -2.82. The van der Waals surface area contributed by atoms with E-state index in [2.05, 4.69) is 47.8 Å². The lowest BCUT2D eigenvalue weighted by Crippen LogP contribution is -2.41. The van der Waals surface area contributed by atoms with Crippen molar-refractivity contribution in [3.05, 3.63) is 65.2 Å². The number of rotatable bonds is 4. The summed E-state index contributed by atoms with van der Waals surface area (Å²) in [5.74, 6) is 2.51. The topological polar surface area (TPSA) is 58.6 Å². The van der Waals surface area contributed by atoms with Crippen molar-refractivity contribution in [3.8, 4) is 0 Å². The summed E-state index contributed by atoms with van der Waals surface area (Å²) in [5.41, 5.74) is 4.70. The van der Waals surface area contributed by atoms with E-state index in [1.54, 1.807) is 0 Å². The number of esters is 1. The van der Waals surface area contributed by atoms with Crippen LogP contribution in [0.5, 0.6) is 0 Å². The van der Waals surface area contributed by atoms with Crippen LogP contribution in [-0.2, 0) is 9.53 Å². The molecule has 1 N–H and O–H groups in total. The second-order valence-corrected chi connectivity index (χ2v) is 10.6. The van der Waals surface area contributed by atoms with E-state index in [9.17, 15) is 9.59 Å². The maximum absolute atomic E-state index is 13.4. The molecule has 178 valence electrons. The van der Waals surface area contributed by atoms with Crippen molar-refractivity contribution in [2.45, 2.75) is 51.0 Å². The standard InChI is InChI=1S/C29H34N2O3/c1-2-34-29(33)19-12-14-31(15-13-19)28(32)22-10-11-24-23(17-22)25-20-8-9-21(16-20)26(25)27(30-24)18-6-4-3-5-7-18/h3-7,10-11,17,19-21,25-27,30H,2,8-9,12-16H2,1H3/t20-,21-,25-,26+,27+/m0/s1. The summed E-state index contributed by atoms with van der Waals surface area (Å²) in [4.78, 5) is 27.4. The smallest absolute Gasteiger partial charge is 0.309 e. The number of likely N-dealkylation sites (tertiary alicyclic amines) is 1. The van der Waals surface area contributed by atoms with E-state index in [0.717, 1.165) is 17.4 Å². The molecule has 0 spiro atoms. The first-order chi connectivity index (χ1) is 16.6. The van der Waals surface area contributed by atoms with Crippen LogP contribution in [0.15, 0.2) is 48.5 Å². The van der Waals surface area contributed by atoms with Crippen LogP contribution in [0, 0.1) is 23.7 Å². The Balaban J connectivity index is 1.24. The van der Waals surface area contributed by atoms with Crippen molar-refractivity contribution in [1.29, 1.82) is 0 Å². The van der Waals surface area contributed by atoms with Gasteiger partial charge in [0.05, 0.1) is 18.6 Å². The molecule has 2 heterocycles. The van der Waals surface area contributed by atoms with Gasteiger partial charge in [0.15, 0.2) is 0 Å². The fourth-order valence-electron chi connectivity index (χ4n) is 7.37. The monoisotopic (exact) mass is 458 g/mol. The minimum absolute atomic E-state index is 0.0820. The zero-order valence-corrected chi connectivity index (χ0v) is 19.9. The molecular weight excluding hydrogens is 424 g/mol. The minimum Gasteiger partial charge on any atom is -0.466 e. The van der Waals surface area contributed by atoms with Gasteiger partial charge in [0, 0.05) is 24.3 Å².